The van der Waals surface area contributed by atoms with Crippen LogP contribution in [0.15, 0.2) is 36.7 Å². The molecule has 2 nitrogen and oxygen atoms in total. The van der Waals surface area contributed by atoms with Crippen LogP contribution >= 0.6 is 12.6 Å². The second-order valence-electron chi connectivity index (χ2n) is 4.28. The SMILES string of the molecule is Cn1c2ccncc2c2cc(CCS)ccc21. The Balaban J connectivity index is 2.38. The first kappa shape index (κ1) is 10.7. The van der Waals surface area contributed by atoms with Crippen molar-refractivity contribution in [3.8, 4) is 0 Å². The predicted molar refractivity (Wildman–Crippen MR) is 75.8 cm³/mol. The van der Waals surface area contributed by atoms with Crippen molar-refractivity contribution in [2.75, 3.05) is 5.75 Å². The maximum Gasteiger partial charge on any atom is 0.0519 e. The molecule has 0 fully saturated rings. The molecule has 0 aliphatic rings. The summed E-state index contributed by atoms with van der Waals surface area (Å²) in [5.41, 5.74) is 3.83. The second kappa shape index (κ2) is 4.08. The quantitative estimate of drug-likeness (QED) is 0.683. The Morgan fingerprint density at radius 2 is 2.00 bits per heavy atom. The summed E-state index contributed by atoms with van der Waals surface area (Å²) in [4.78, 5) is 4.22. The fraction of sp³-hybridized carbons (Fsp3) is 0.214. The third-order valence-electron chi connectivity index (χ3n) is 3.27. The summed E-state index contributed by atoms with van der Waals surface area (Å²) in [5.74, 6) is 0.883. The average Bonchev–Trinajstić information content (AvgIpc) is 2.65. The van der Waals surface area contributed by atoms with Gasteiger partial charge in [-0.25, -0.2) is 0 Å². The molecule has 0 N–H and O–H groups in total. The first-order valence-corrected chi connectivity index (χ1v) is 6.36. The van der Waals surface area contributed by atoms with E-state index in [4.69, 9.17) is 0 Å². The van der Waals surface area contributed by atoms with E-state index in [0.717, 1.165) is 12.2 Å². The minimum absolute atomic E-state index is 0.883. The predicted octanol–water partition coefficient (Wildman–Crippen LogP) is 3.20. The molecule has 0 saturated carbocycles. The van der Waals surface area contributed by atoms with E-state index >= 15 is 0 Å². The number of fused-ring (bicyclic) bond motifs is 3. The number of rotatable bonds is 2. The normalized spacial score (nSPS) is 11.4. The largest absolute Gasteiger partial charge is 0.344 e. The number of thiol groups is 1. The molecule has 0 amide bonds. The van der Waals surface area contributed by atoms with Crippen LogP contribution in [0.5, 0.6) is 0 Å². The van der Waals surface area contributed by atoms with E-state index in [1.54, 1.807) is 0 Å². The Kier molecular flexibility index (Phi) is 2.56. The standard InChI is InChI=1S/C14H14N2S/c1-16-13-3-2-10(5-7-17)8-11(13)12-9-15-6-4-14(12)16/h2-4,6,8-9,17H,5,7H2,1H3. The average molecular weight is 242 g/mol. The van der Waals surface area contributed by atoms with Crippen LogP contribution in [-0.2, 0) is 13.5 Å². The van der Waals surface area contributed by atoms with Crippen molar-refractivity contribution >= 4 is 34.4 Å². The van der Waals surface area contributed by atoms with Crippen molar-refractivity contribution in [1.82, 2.24) is 9.55 Å². The Morgan fingerprint density at radius 3 is 2.82 bits per heavy atom. The zero-order valence-electron chi connectivity index (χ0n) is 9.72. The van der Waals surface area contributed by atoms with Gasteiger partial charge in [-0.05, 0) is 35.9 Å². The number of nitrogens with zero attached hydrogens (tertiary/aromatic N) is 2. The third-order valence-corrected chi connectivity index (χ3v) is 3.50. The number of hydrogen-bond donors (Lipinski definition) is 1. The molecule has 17 heavy (non-hydrogen) atoms. The Labute approximate surface area is 106 Å². The molecule has 0 bridgehead atoms. The molecule has 0 aliphatic carbocycles. The topological polar surface area (TPSA) is 17.8 Å². The third kappa shape index (κ3) is 1.62. The van der Waals surface area contributed by atoms with Gasteiger partial charge in [0, 0.05) is 35.7 Å². The summed E-state index contributed by atoms with van der Waals surface area (Å²) < 4.78 is 2.22. The van der Waals surface area contributed by atoms with Gasteiger partial charge in [0.05, 0.1) is 5.52 Å². The van der Waals surface area contributed by atoms with E-state index in [1.165, 1.54) is 27.4 Å². The van der Waals surface area contributed by atoms with Gasteiger partial charge in [0.1, 0.15) is 0 Å². The van der Waals surface area contributed by atoms with Crippen LogP contribution in [0.1, 0.15) is 5.56 Å². The maximum atomic E-state index is 4.29. The molecule has 3 rings (SSSR count). The maximum absolute atomic E-state index is 4.29. The summed E-state index contributed by atoms with van der Waals surface area (Å²) >= 11 is 4.29. The smallest absolute Gasteiger partial charge is 0.0519 e. The molecule has 0 atom stereocenters. The Morgan fingerprint density at radius 1 is 1.18 bits per heavy atom. The summed E-state index contributed by atoms with van der Waals surface area (Å²) in [6, 6.07) is 8.70. The van der Waals surface area contributed by atoms with Crippen molar-refractivity contribution in [3.63, 3.8) is 0 Å². The summed E-state index contributed by atoms with van der Waals surface area (Å²) in [6.07, 6.45) is 4.80. The Hall–Kier alpha value is -1.48. The lowest BCUT2D eigenvalue weighted by Crippen LogP contribution is -1.88. The van der Waals surface area contributed by atoms with Crippen LogP contribution in [0.2, 0.25) is 0 Å². The van der Waals surface area contributed by atoms with Crippen LogP contribution in [0.25, 0.3) is 21.8 Å². The monoisotopic (exact) mass is 242 g/mol. The van der Waals surface area contributed by atoms with E-state index in [1.807, 2.05) is 12.4 Å². The van der Waals surface area contributed by atoms with Gasteiger partial charge in [0.25, 0.3) is 0 Å². The summed E-state index contributed by atoms with van der Waals surface area (Å²) in [5, 5.41) is 2.51. The highest BCUT2D eigenvalue weighted by atomic mass is 32.1. The van der Waals surface area contributed by atoms with Crippen molar-refractivity contribution in [3.05, 3.63) is 42.2 Å². The Bertz CT molecular complexity index is 685. The highest BCUT2D eigenvalue weighted by Gasteiger charge is 2.07. The molecular weight excluding hydrogens is 228 g/mol. The number of benzene rings is 1. The highest BCUT2D eigenvalue weighted by molar-refractivity contribution is 7.80. The van der Waals surface area contributed by atoms with Gasteiger partial charge >= 0.3 is 0 Å². The van der Waals surface area contributed by atoms with Crippen molar-refractivity contribution in [2.45, 2.75) is 6.42 Å². The van der Waals surface area contributed by atoms with Gasteiger partial charge in [0.2, 0.25) is 0 Å². The fourth-order valence-electron chi connectivity index (χ4n) is 2.39. The number of pyridine rings is 1. The molecule has 2 aromatic heterocycles. The number of aryl methyl sites for hydroxylation is 2. The molecule has 1 aromatic carbocycles. The number of hydrogen-bond acceptors (Lipinski definition) is 2. The molecular formula is C14H14N2S. The molecule has 2 heterocycles. The van der Waals surface area contributed by atoms with E-state index in [2.05, 4.69) is 53.5 Å². The molecule has 0 spiro atoms. The van der Waals surface area contributed by atoms with Crippen LogP contribution in [0.3, 0.4) is 0 Å². The van der Waals surface area contributed by atoms with Gasteiger partial charge in [0.15, 0.2) is 0 Å². The molecule has 0 unspecified atom stereocenters. The minimum Gasteiger partial charge on any atom is -0.344 e. The highest BCUT2D eigenvalue weighted by Crippen LogP contribution is 2.28. The lowest BCUT2D eigenvalue weighted by Gasteiger charge is -2.00. The van der Waals surface area contributed by atoms with Crippen molar-refractivity contribution < 1.29 is 0 Å². The summed E-state index contributed by atoms with van der Waals surface area (Å²) in [6.45, 7) is 0. The molecule has 86 valence electrons. The van der Waals surface area contributed by atoms with Gasteiger partial charge in [-0.3, -0.25) is 4.98 Å². The number of aromatic nitrogens is 2. The van der Waals surface area contributed by atoms with Crippen LogP contribution in [0, 0.1) is 0 Å². The zero-order chi connectivity index (χ0) is 11.8. The van der Waals surface area contributed by atoms with Gasteiger partial charge in [-0.1, -0.05) is 6.07 Å². The molecule has 0 saturated heterocycles. The minimum atomic E-state index is 0.883. The van der Waals surface area contributed by atoms with E-state index in [9.17, 15) is 0 Å². The van der Waals surface area contributed by atoms with E-state index in [-0.39, 0.29) is 0 Å². The second-order valence-corrected chi connectivity index (χ2v) is 4.72. The van der Waals surface area contributed by atoms with Gasteiger partial charge in [-0.15, -0.1) is 0 Å². The van der Waals surface area contributed by atoms with Crippen molar-refractivity contribution in [2.24, 2.45) is 7.05 Å². The molecule has 0 aliphatic heterocycles. The van der Waals surface area contributed by atoms with E-state index in [0.29, 0.717) is 0 Å². The van der Waals surface area contributed by atoms with Crippen LogP contribution in [-0.4, -0.2) is 15.3 Å². The summed E-state index contributed by atoms with van der Waals surface area (Å²) in [7, 11) is 2.10. The molecule has 0 radical (unpaired) electrons. The lowest BCUT2D eigenvalue weighted by molar-refractivity contribution is 1.01. The zero-order valence-corrected chi connectivity index (χ0v) is 10.6. The van der Waals surface area contributed by atoms with Gasteiger partial charge < -0.3 is 4.57 Å². The van der Waals surface area contributed by atoms with Crippen LogP contribution < -0.4 is 0 Å². The van der Waals surface area contributed by atoms with Crippen molar-refractivity contribution in [1.29, 1.82) is 0 Å². The fourth-order valence-corrected chi connectivity index (χ4v) is 2.65. The molecule has 3 aromatic rings. The first-order chi connectivity index (χ1) is 8.31. The molecule has 3 heteroatoms. The van der Waals surface area contributed by atoms with Crippen LogP contribution in [0.4, 0.5) is 0 Å². The first-order valence-electron chi connectivity index (χ1n) is 5.73. The lowest BCUT2D eigenvalue weighted by atomic mass is 10.1. The van der Waals surface area contributed by atoms with Gasteiger partial charge in [-0.2, -0.15) is 12.6 Å². The van der Waals surface area contributed by atoms with E-state index < -0.39 is 0 Å².